The van der Waals surface area contributed by atoms with Crippen LogP contribution in [0.4, 0.5) is 4.79 Å². The summed E-state index contributed by atoms with van der Waals surface area (Å²) in [6.07, 6.45) is 1.02. The zero-order chi connectivity index (χ0) is 13.5. The van der Waals surface area contributed by atoms with Crippen molar-refractivity contribution < 1.29 is 14.7 Å². The van der Waals surface area contributed by atoms with Gasteiger partial charge in [-0.05, 0) is 26.0 Å². The molecule has 0 aromatic heterocycles. The molecule has 1 heterocycles. The summed E-state index contributed by atoms with van der Waals surface area (Å²) in [5.74, 6) is 1.21. The Kier molecular flexibility index (Phi) is 6.32. The summed E-state index contributed by atoms with van der Waals surface area (Å²) in [5, 5.41) is 8.81. The number of thioether (sulfide) groups is 1. The fourth-order valence-electron chi connectivity index (χ4n) is 2.12. The van der Waals surface area contributed by atoms with Gasteiger partial charge in [-0.25, -0.2) is 4.79 Å². The molecule has 1 atom stereocenters. The molecule has 1 aliphatic rings. The molecule has 1 aliphatic heterocycles. The van der Waals surface area contributed by atoms with Gasteiger partial charge in [0.05, 0.1) is 6.42 Å². The van der Waals surface area contributed by atoms with Crippen LogP contribution in [0.3, 0.4) is 0 Å². The molecule has 0 aromatic rings. The number of carbonyl (C=O) groups excluding carboxylic acids is 1. The standard InChI is InChI=1S/C12H22N2O3S/c1-3-14(10(2)9-11(15)16)12(17)13-5-4-7-18-8-6-13/h10H,3-9H2,1-2H3,(H,15,16). The van der Waals surface area contributed by atoms with Crippen LogP contribution in [-0.4, -0.2) is 64.1 Å². The average Bonchev–Trinajstić information content (AvgIpc) is 2.57. The van der Waals surface area contributed by atoms with Crippen LogP contribution in [0, 0.1) is 0 Å². The van der Waals surface area contributed by atoms with Crippen LogP contribution in [-0.2, 0) is 4.79 Å². The summed E-state index contributed by atoms with van der Waals surface area (Å²) < 4.78 is 0. The SMILES string of the molecule is CCN(C(=O)N1CCCSCC1)C(C)CC(=O)O. The topological polar surface area (TPSA) is 60.9 Å². The van der Waals surface area contributed by atoms with Gasteiger partial charge >= 0.3 is 12.0 Å². The smallest absolute Gasteiger partial charge is 0.320 e. The van der Waals surface area contributed by atoms with E-state index in [2.05, 4.69) is 0 Å². The quantitative estimate of drug-likeness (QED) is 0.848. The Morgan fingerprint density at radius 1 is 1.39 bits per heavy atom. The molecule has 1 unspecified atom stereocenters. The number of rotatable bonds is 4. The minimum absolute atomic E-state index is 0.00215. The fourth-order valence-corrected chi connectivity index (χ4v) is 3.00. The van der Waals surface area contributed by atoms with Gasteiger partial charge in [0.2, 0.25) is 0 Å². The van der Waals surface area contributed by atoms with E-state index in [1.807, 2.05) is 23.6 Å². The van der Waals surface area contributed by atoms with Gasteiger partial charge in [-0.3, -0.25) is 4.79 Å². The molecule has 1 fully saturated rings. The number of nitrogens with zero attached hydrogens (tertiary/aromatic N) is 2. The Morgan fingerprint density at radius 3 is 2.72 bits per heavy atom. The van der Waals surface area contributed by atoms with Crippen molar-refractivity contribution in [3.8, 4) is 0 Å². The lowest BCUT2D eigenvalue weighted by Gasteiger charge is -2.32. The maximum atomic E-state index is 12.4. The summed E-state index contributed by atoms with van der Waals surface area (Å²) in [6.45, 7) is 5.78. The second kappa shape index (κ2) is 7.51. The van der Waals surface area contributed by atoms with Gasteiger partial charge in [-0.15, -0.1) is 0 Å². The van der Waals surface area contributed by atoms with Crippen molar-refractivity contribution in [1.82, 2.24) is 9.80 Å². The molecule has 0 aliphatic carbocycles. The van der Waals surface area contributed by atoms with E-state index in [-0.39, 0.29) is 18.5 Å². The van der Waals surface area contributed by atoms with Crippen molar-refractivity contribution in [3.63, 3.8) is 0 Å². The first-order chi connectivity index (χ1) is 8.56. The van der Waals surface area contributed by atoms with E-state index in [1.165, 1.54) is 0 Å². The lowest BCUT2D eigenvalue weighted by Crippen LogP contribution is -2.48. The van der Waals surface area contributed by atoms with E-state index in [4.69, 9.17) is 5.11 Å². The highest BCUT2D eigenvalue weighted by Gasteiger charge is 2.25. The Morgan fingerprint density at radius 2 is 2.11 bits per heavy atom. The highest BCUT2D eigenvalue weighted by atomic mass is 32.2. The largest absolute Gasteiger partial charge is 0.481 e. The number of hydrogen-bond acceptors (Lipinski definition) is 3. The molecule has 0 saturated carbocycles. The molecule has 18 heavy (non-hydrogen) atoms. The molecule has 0 spiro atoms. The molecule has 5 nitrogen and oxygen atoms in total. The molecule has 1 rings (SSSR count). The molecule has 0 bridgehead atoms. The highest BCUT2D eigenvalue weighted by Crippen LogP contribution is 2.14. The summed E-state index contributed by atoms with van der Waals surface area (Å²) in [4.78, 5) is 26.6. The Balaban J connectivity index is 2.62. The molecular weight excluding hydrogens is 252 g/mol. The monoisotopic (exact) mass is 274 g/mol. The highest BCUT2D eigenvalue weighted by molar-refractivity contribution is 7.99. The van der Waals surface area contributed by atoms with E-state index in [0.717, 1.165) is 31.0 Å². The van der Waals surface area contributed by atoms with Crippen molar-refractivity contribution >= 4 is 23.8 Å². The maximum absolute atomic E-state index is 12.4. The van der Waals surface area contributed by atoms with Crippen molar-refractivity contribution in [2.75, 3.05) is 31.1 Å². The van der Waals surface area contributed by atoms with Crippen molar-refractivity contribution in [2.24, 2.45) is 0 Å². The number of carboxylic acid groups (broad SMARTS) is 1. The van der Waals surface area contributed by atoms with E-state index in [1.54, 1.807) is 11.8 Å². The average molecular weight is 274 g/mol. The molecular formula is C12H22N2O3S. The number of urea groups is 1. The van der Waals surface area contributed by atoms with Gasteiger partial charge in [0.15, 0.2) is 0 Å². The summed E-state index contributed by atoms with van der Waals surface area (Å²) in [7, 11) is 0. The number of aliphatic carboxylic acids is 1. The lowest BCUT2D eigenvalue weighted by molar-refractivity contribution is -0.138. The number of carbonyl (C=O) groups is 2. The van der Waals surface area contributed by atoms with Gasteiger partial charge in [0, 0.05) is 31.4 Å². The van der Waals surface area contributed by atoms with E-state index in [9.17, 15) is 9.59 Å². The maximum Gasteiger partial charge on any atom is 0.320 e. The third-order valence-corrected chi connectivity index (χ3v) is 4.13. The zero-order valence-electron chi connectivity index (χ0n) is 11.1. The minimum atomic E-state index is -0.861. The van der Waals surface area contributed by atoms with E-state index in [0.29, 0.717) is 6.54 Å². The zero-order valence-corrected chi connectivity index (χ0v) is 11.9. The van der Waals surface area contributed by atoms with Crippen LogP contribution in [0.2, 0.25) is 0 Å². The molecule has 0 radical (unpaired) electrons. The van der Waals surface area contributed by atoms with Crippen molar-refractivity contribution in [1.29, 1.82) is 0 Å². The predicted octanol–water partition coefficient (Wildman–Crippen LogP) is 1.73. The minimum Gasteiger partial charge on any atom is -0.481 e. The lowest BCUT2D eigenvalue weighted by atomic mass is 10.2. The molecule has 1 saturated heterocycles. The molecule has 6 heteroatoms. The fraction of sp³-hybridized carbons (Fsp3) is 0.833. The Labute approximate surface area is 113 Å². The molecule has 104 valence electrons. The first kappa shape index (κ1) is 15.1. The van der Waals surface area contributed by atoms with Crippen molar-refractivity contribution in [3.05, 3.63) is 0 Å². The number of amides is 2. The van der Waals surface area contributed by atoms with Crippen LogP contribution in [0.5, 0.6) is 0 Å². The van der Waals surface area contributed by atoms with Crippen LogP contribution < -0.4 is 0 Å². The van der Waals surface area contributed by atoms with Crippen LogP contribution >= 0.6 is 11.8 Å². The van der Waals surface area contributed by atoms with E-state index >= 15 is 0 Å². The van der Waals surface area contributed by atoms with Crippen LogP contribution in [0.15, 0.2) is 0 Å². The first-order valence-corrected chi connectivity index (χ1v) is 7.56. The third-order valence-electron chi connectivity index (χ3n) is 3.08. The number of hydrogen-bond donors (Lipinski definition) is 1. The summed E-state index contributed by atoms with van der Waals surface area (Å²) in [5.41, 5.74) is 0. The van der Waals surface area contributed by atoms with E-state index < -0.39 is 5.97 Å². The van der Waals surface area contributed by atoms with Crippen LogP contribution in [0.1, 0.15) is 26.7 Å². The van der Waals surface area contributed by atoms with Gasteiger partial charge < -0.3 is 14.9 Å². The van der Waals surface area contributed by atoms with Gasteiger partial charge in [-0.2, -0.15) is 11.8 Å². The Bertz CT molecular complexity index is 291. The molecule has 0 aromatic carbocycles. The van der Waals surface area contributed by atoms with Gasteiger partial charge in [0.25, 0.3) is 0 Å². The van der Waals surface area contributed by atoms with Crippen LogP contribution in [0.25, 0.3) is 0 Å². The third kappa shape index (κ3) is 4.40. The normalized spacial score (nSPS) is 18.0. The number of carboxylic acids is 1. The summed E-state index contributed by atoms with van der Waals surface area (Å²) >= 11 is 1.87. The molecule has 1 N–H and O–H groups in total. The second-order valence-electron chi connectivity index (χ2n) is 4.47. The second-order valence-corrected chi connectivity index (χ2v) is 5.69. The first-order valence-electron chi connectivity index (χ1n) is 6.41. The predicted molar refractivity (Wildman–Crippen MR) is 73.0 cm³/mol. The van der Waals surface area contributed by atoms with Gasteiger partial charge in [0.1, 0.15) is 0 Å². The molecule has 2 amide bonds. The van der Waals surface area contributed by atoms with Gasteiger partial charge in [-0.1, -0.05) is 0 Å². The Hall–Kier alpha value is -0.910. The summed E-state index contributed by atoms with van der Waals surface area (Å²) in [6, 6.07) is -0.273. The van der Waals surface area contributed by atoms with Crippen molar-refractivity contribution in [2.45, 2.75) is 32.7 Å².